The number of carbonyl (C=O) groups is 1. The second-order valence-electron chi connectivity index (χ2n) is 5.36. The average molecular weight is 264 g/mol. The SMILES string of the molecule is Nc1cc(F)cc(NC(=O)CCC2CCCCC2)c1. The topological polar surface area (TPSA) is 55.1 Å². The van der Waals surface area contributed by atoms with Crippen LogP contribution in [0.5, 0.6) is 0 Å². The predicted molar refractivity (Wildman–Crippen MR) is 75.3 cm³/mol. The highest BCUT2D eigenvalue weighted by atomic mass is 19.1. The number of nitrogen functional groups attached to an aromatic ring is 1. The Morgan fingerprint density at radius 1 is 1.26 bits per heavy atom. The van der Waals surface area contributed by atoms with Crippen molar-refractivity contribution < 1.29 is 9.18 Å². The van der Waals surface area contributed by atoms with Crippen molar-refractivity contribution in [1.82, 2.24) is 0 Å². The molecular formula is C15H21FN2O. The van der Waals surface area contributed by atoms with Gasteiger partial charge in [-0.1, -0.05) is 32.1 Å². The Morgan fingerprint density at radius 2 is 2.00 bits per heavy atom. The quantitative estimate of drug-likeness (QED) is 0.814. The number of nitrogens with two attached hydrogens (primary N) is 1. The van der Waals surface area contributed by atoms with Crippen LogP contribution in [0.3, 0.4) is 0 Å². The van der Waals surface area contributed by atoms with Crippen molar-refractivity contribution in [1.29, 1.82) is 0 Å². The van der Waals surface area contributed by atoms with Gasteiger partial charge < -0.3 is 11.1 Å². The van der Waals surface area contributed by atoms with Crippen LogP contribution in [0.15, 0.2) is 18.2 Å². The highest BCUT2D eigenvalue weighted by molar-refractivity contribution is 5.91. The molecule has 1 saturated carbocycles. The van der Waals surface area contributed by atoms with Gasteiger partial charge in [-0.25, -0.2) is 4.39 Å². The number of amides is 1. The minimum absolute atomic E-state index is 0.0597. The van der Waals surface area contributed by atoms with E-state index in [0.29, 0.717) is 23.7 Å². The number of benzene rings is 1. The largest absolute Gasteiger partial charge is 0.399 e. The van der Waals surface area contributed by atoms with Gasteiger partial charge in [-0.05, 0) is 30.5 Å². The number of hydrogen-bond donors (Lipinski definition) is 2. The standard InChI is InChI=1S/C15H21FN2O/c16-12-8-13(17)10-14(9-12)18-15(19)7-6-11-4-2-1-3-5-11/h8-11H,1-7,17H2,(H,18,19). The normalized spacial score (nSPS) is 16.3. The fourth-order valence-electron chi connectivity index (χ4n) is 2.72. The molecule has 1 fully saturated rings. The van der Waals surface area contributed by atoms with Crippen LogP contribution in [-0.4, -0.2) is 5.91 Å². The van der Waals surface area contributed by atoms with Crippen LogP contribution in [0.4, 0.5) is 15.8 Å². The maximum absolute atomic E-state index is 13.1. The van der Waals surface area contributed by atoms with Crippen LogP contribution in [0.1, 0.15) is 44.9 Å². The molecule has 2 rings (SSSR count). The predicted octanol–water partition coefficient (Wildman–Crippen LogP) is 3.71. The third-order valence-corrected chi connectivity index (χ3v) is 3.71. The third kappa shape index (κ3) is 4.54. The summed E-state index contributed by atoms with van der Waals surface area (Å²) in [7, 11) is 0. The fourth-order valence-corrected chi connectivity index (χ4v) is 2.72. The first-order chi connectivity index (χ1) is 9.13. The molecule has 1 aromatic carbocycles. The zero-order valence-corrected chi connectivity index (χ0v) is 11.1. The van der Waals surface area contributed by atoms with Gasteiger partial charge in [0.1, 0.15) is 5.82 Å². The van der Waals surface area contributed by atoms with Crippen LogP contribution in [-0.2, 0) is 4.79 Å². The average Bonchev–Trinajstić information content (AvgIpc) is 2.36. The molecule has 0 saturated heterocycles. The molecule has 3 nitrogen and oxygen atoms in total. The molecule has 19 heavy (non-hydrogen) atoms. The second-order valence-corrected chi connectivity index (χ2v) is 5.36. The Morgan fingerprint density at radius 3 is 2.68 bits per heavy atom. The molecule has 1 aliphatic carbocycles. The first kappa shape index (κ1) is 13.8. The molecule has 0 aromatic heterocycles. The molecule has 0 atom stereocenters. The van der Waals surface area contributed by atoms with E-state index in [2.05, 4.69) is 5.32 Å². The smallest absolute Gasteiger partial charge is 0.224 e. The van der Waals surface area contributed by atoms with Gasteiger partial charge in [0, 0.05) is 17.8 Å². The van der Waals surface area contributed by atoms with Crippen molar-refractivity contribution in [3.05, 3.63) is 24.0 Å². The van der Waals surface area contributed by atoms with E-state index in [-0.39, 0.29) is 5.91 Å². The molecule has 0 spiro atoms. The molecule has 104 valence electrons. The number of rotatable bonds is 4. The van der Waals surface area contributed by atoms with Crippen molar-refractivity contribution in [2.24, 2.45) is 5.92 Å². The maximum Gasteiger partial charge on any atom is 0.224 e. The molecule has 1 amide bonds. The number of hydrogen-bond acceptors (Lipinski definition) is 2. The van der Waals surface area contributed by atoms with E-state index in [1.54, 1.807) is 6.07 Å². The van der Waals surface area contributed by atoms with Crippen LogP contribution >= 0.6 is 0 Å². The summed E-state index contributed by atoms with van der Waals surface area (Å²) in [4.78, 5) is 11.8. The Bertz CT molecular complexity index is 422. The summed E-state index contributed by atoms with van der Waals surface area (Å²) in [5, 5.41) is 2.70. The van der Waals surface area contributed by atoms with E-state index >= 15 is 0 Å². The van der Waals surface area contributed by atoms with Gasteiger partial charge >= 0.3 is 0 Å². The summed E-state index contributed by atoms with van der Waals surface area (Å²) in [6.07, 6.45) is 7.79. The minimum Gasteiger partial charge on any atom is -0.399 e. The number of halogens is 1. The van der Waals surface area contributed by atoms with E-state index in [9.17, 15) is 9.18 Å². The molecule has 0 heterocycles. The molecular weight excluding hydrogens is 243 g/mol. The van der Waals surface area contributed by atoms with Crippen LogP contribution in [0.2, 0.25) is 0 Å². The highest BCUT2D eigenvalue weighted by Crippen LogP contribution is 2.27. The van der Waals surface area contributed by atoms with Crippen molar-refractivity contribution >= 4 is 17.3 Å². The summed E-state index contributed by atoms with van der Waals surface area (Å²) >= 11 is 0. The molecule has 4 heteroatoms. The zero-order valence-electron chi connectivity index (χ0n) is 11.1. The molecule has 0 radical (unpaired) electrons. The Labute approximate surface area is 113 Å². The zero-order chi connectivity index (χ0) is 13.7. The van der Waals surface area contributed by atoms with E-state index in [0.717, 1.165) is 6.42 Å². The minimum atomic E-state index is -0.428. The molecule has 0 unspecified atom stereocenters. The second kappa shape index (κ2) is 6.55. The Kier molecular flexibility index (Phi) is 4.77. The van der Waals surface area contributed by atoms with E-state index in [4.69, 9.17) is 5.73 Å². The molecule has 1 aromatic rings. The summed E-state index contributed by atoms with van der Waals surface area (Å²) < 4.78 is 13.1. The monoisotopic (exact) mass is 264 g/mol. The highest BCUT2D eigenvalue weighted by Gasteiger charge is 2.15. The third-order valence-electron chi connectivity index (χ3n) is 3.71. The van der Waals surface area contributed by atoms with Crippen molar-refractivity contribution in [2.75, 3.05) is 11.1 Å². The van der Waals surface area contributed by atoms with Gasteiger partial charge in [-0.2, -0.15) is 0 Å². The van der Waals surface area contributed by atoms with Gasteiger partial charge in [-0.15, -0.1) is 0 Å². The maximum atomic E-state index is 13.1. The van der Waals surface area contributed by atoms with Crippen molar-refractivity contribution in [2.45, 2.75) is 44.9 Å². The summed E-state index contributed by atoms with van der Waals surface area (Å²) in [5.41, 5.74) is 6.29. The van der Waals surface area contributed by atoms with Gasteiger partial charge in [0.05, 0.1) is 0 Å². The van der Waals surface area contributed by atoms with Gasteiger partial charge in [-0.3, -0.25) is 4.79 Å². The lowest BCUT2D eigenvalue weighted by molar-refractivity contribution is -0.116. The summed E-state index contributed by atoms with van der Waals surface area (Å²) in [6, 6.07) is 4.09. The number of nitrogens with one attached hydrogen (secondary N) is 1. The van der Waals surface area contributed by atoms with E-state index in [1.165, 1.54) is 44.2 Å². The first-order valence-corrected chi connectivity index (χ1v) is 6.99. The van der Waals surface area contributed by atoms with Crippen LogP contribution < -0.4 is 11.1 Å². The number of anilines is 2. The van der Waals surface area contributed by atoms with Crippen molar-refractivity contribution in [3.8, 4) is 0 Å². The summed E-state index contributed by atoms with van der Waals surface area (Å²) in [6.45, 7) is 0. The van der Waals surface area contributed by atoms with Crippen molar-refractivity contribution in [3.63, 3.8) is 0 Å². The summed E-state index contributed by atoms with van der Waals surface area (Å²) in [5.74, 6) is 0.190. The van der Waals surface area contributed by atoms with Crippen LogP contribution in [0, 0.1) is 11.7 Å². The molecule has 1 aliphatic rings. The fraction of sp³-hybridized carbons (Fsp3) is 0.533. The lowest BCUT2D eigenvalue weighted by atomic mass is 9.86. The molecule has 3 N–H and O–H groups in total. The van der Waals surface area contributed by atoms with Gasteiger partial charge in [0.15, 0.2) is 0 Å². The van der Waals surface area contributed by atoms with E-state index < -0.39 is 5.82 Å². The first-order valence-electron chi connectivity index (χ1n) is 6.99. The molecule has 0 bridgehead atoms. The van der Waals surface area contributed by atoms with E-state index in [1.807, 2.05) is 0 Å². The lowest BCUT2D eigenvalue weighted by Gasteiger charge is -2.21. The van der Waals surface area contributed by atoms with Gasteiger partial charge in [0.2, 0.25) is 5.91 Å². The Balaban J connectivity index is 1.80. The Hall–Kier alpha value is -1.58. The number of carbonyl (C=O) groups excluding carboxylic acids is 1. The molecule has 0 aliphatic heterocycles. The van der Waals surface area contributed by atoms with Crippen LogP contribution in [0.25, 0.3) is 0 Å². The van der Waals surface area contributed by atoms with Gasteiger partial charge in [0.25, 0.3) is 0 Å². The lowest BCUT2D eigenvalue weighted by Crippen LogP contribution is -2.15.